The van der Waals surface area contributed by atoms with Crippen molar-refractivity contribution in [1.29, 1.82) is 0 Å². The number of carboxylic acids is 1. The standard InChI is InChI=1S/C12H13F3N2O3/c1-7(6-12(13,14)15)16-11(20)17-9-4-2-8(3-5-9)10(18)19/h2-5,7H,6H2,1H3,(H,18,19)(H2,16,17,20). The van der Waals surface area contributed by atoms with Gasteiger partial charge in [0.05, 0.1) is 12.0 Å². The molecule has 1 aromatic rings. The van der Waals surface area contributed by atoms with Crippen LogP contribution in [-0.2, 0) is 0 Å². The van der Waals surface area contributed by atoms with Crippen LogP contribution in [-0.4, -0.2) is 29.3 Å². The Morgan fingerprint density at radius 3 is 2.25 bits per heavy atom. The molecule has 0 aliphatic carbocycles. The first kappa shape index (κ1) is 15.8. The van der Waals surface area contributed by atoms with E-state index < -0.39 is 30.6 Å². The van der Waals surface area contributed by atoms with E-state index in [4.69, 9.17) is 5.11 Å². The average Bonchev–Trinajstić information content (AvgIpc) is 2.26. The van der Waals surface area contributed by atoms with E-state index in [1.54, 1.807) is 0 Å². The van der Waals surface area contributed by atoms with Crippen molar-refractivity contribution in [2.45, 2.75) is 25.6 Å². The molecule has 0 saturated carbocycles. The predicted molar refractivity (Wildman–Crippen MR) is 65.7 cm³/mol. The normalized spacial score (nSPS) is 12.6. The third kappa shape index (κ3) is 5.59. The lowest BCUT2D eigenvalue weighted by atomic mass is 10.2. The molecule has 8 heteroatoms. The summed E-state index contributed by atoms with van der Waals surface area (Å²) < 4.78 is 36.2. The van der Waals surface area contributed by atoms with Gasteiger partial charge in [-0.05, 0) is 31.2 Å². The first-order chi connectivity index (χ1) is 9.17. The maximum atomic E-state index is 12.1. The molecular formula is C12H13F3N2O3. The molecule has 3 N–H and O–H groups in total. The van der Waals surface area contributed by atoms with E-state index in [2.05, 4.69) is 10.6 Å². The zero-order valence-corrected chi connectivity index (χ0v) is 10.5. The second kappa shape index (κ2) is 6.27. The number of rotatable bonds is 4. The van der Waals surface area contributed by atoms with E-state index in [-0.39, 0.29) is 11.3 Å². The molecule has 1 rings (SSSR count). The second-order valence-corrected chi connectivity index (χ2v) is 4.20. The number of benzene rings is 1. The fraction of sp³-hybridized carbons (Fsp3) is 0.333. The van der Waals surface area contributed by atoms with Gasteiger partial charge in [0.2, 0.25) is 0 Å². The molecule has 0 aliphatic heterocycles. The van der Waals surface area contributed by atoms with Crippen molar-refractivity contribution < 1.29 is 27.9 Å². The molecule has 20 heavy (non-hydrogen) atoms. The topological polar surface area (TPSA) is 78.4 Å². The molecular weight excluding hydrogens is 277 g/mol. The molecule has 0 bridgehead atoms. The van der Waals surface area contributed by atoms with Gasteiger partial charge < -0.3 is 15.7 Å². The molecule has 1 aromatic carbocycles. The highest BCUT2D eigenvalue weighted by Gasteiger charge is 2.30. The number of urea groups is 1. The van der Waals surface area contributed by atoms with Crippen LogP contribution in [0, 0.1) is 0 Å². The molecule has 110 valence electrons. The van der Waals surface area contributed by atoms with Gasteiger partial charge in [-0.1, -0.05) is 0 Å². The number of aromatic carboxylic acids is 1. The predicted octanol–water partition coefficient (Wildman–Crippen LogP) is 2.85. The minimum atomic E-state index is -4.35. The first-order valence-electron chi connectivity index (χ1n) is 5.65. The van der Waals surface area contributed by atoms with E-state index in [1.807, 2.05) is 0 Å². The van der Waals surface area contributed by atoms with Crippen LogP contribution in [0.1, 0.15) is 23.7 Å². The Morgan fingerprint density at radius 2 is 1.80 bits per heavy atom. The maximum Gasteiger partial charge on any atom is 0.391 e. The van der Waals surface area contributed by atoms with Gasteiger partial charge in [0.1, 0.15) is 0 Å². The summed E-state index contributed by atoms with van der Waals surface area (Å²) in [5, 5.41) is 13.1. The maximum absolute atomic E-state index is 12.1. The summed E-state index contributed by atoms with van der Waals surface area (Å²) in [5.41, 5.74) is 0.327. The molecule has 2 amide bonds. The monoisotopic (exact) mass is 290 g/mol. The van der Waals surface area contributed by atoms with Gasteiger partial charge in [-0.15, -0.1) is 0 Å². The van der Waals surface area contributed by atoms with Crippen LogP contribution in [0.4, 0.5) is 23.7 Å². The molecule has 0 aliphatic rings. The van der Waals surface area contributed by atoms with Gasteiger partial charge in [0.15, 0.2) is 0 Å². The summed E-state index contributed by atoms with van der Waals surface area (Å²) >= 11 is 0. The Kier molecular flexibility index (Phi) is 4.95. The highest BCUT2D eigenvalue weighted by molar-refractivity contribution is 5.91. The number of nitrogens with one attached hydrogen (secondary N) is 2. The van der Waals surface area contributed by atoms with E-state index in [9.17, 15) is 22.8 Å². The lowest BCUT2D eigenvalue weighted by molar-refractivity contribution is -0.138. The third-order valence-electron chi connectivity index (χ3n) is 2.30. The minimum absolute atomic E-state index is 0.0430. The van der Waals surface area contributed by atoms with Crippen molar-refractivity contribution >= 4 is 17.7 Å². The zero-order valence-electron chi connectivity index (χ0n) is 10.5. The smallest absolute Gasteiger partial charge is 0.391 e. The van der Waals surface area contributed by atoms with Crippen LogP contribution >= 0.6 is 0 Å². The minimum Gasteiger partial charge on any atom is -0.478 e. The van der Waals surface area contributed by atoms with Gasteiger partial charge in [-0.2, -0.15) is 13.2 Å². The van der Waals surface area contributed by atoms with Crippen LogP contribution in [0.2, 0.25) is 0 Å². The largest absolute Gasteiger partial charge is 0.478 e. The Balaban J connectivity index is 2.52. The molecule has 0 radical (unpaired) electrons. The molecule has 0 fully saturated rings. The SMILES string of the molecule is CC(CC(F)(F)F)NC(=O)Nc1ccc(C(=O)O)cc1. The fourth-order valence-corrected chi connectivity index (χ4v) is 1.49. The number of hydrogen-bond donors (Lipinski definition) is 3. The average molecular weight is 290 g/mol. The summed E-state index contributed by atoms with van der Waals surface area (Å²) in [7, 11) is 0. The number of amides is 2. The van der Waals surface area contributed by atoms with Gasteiger partial charge in [0.25, 0.3) is 0 Å². The lowest BCUT2D eigenvalue weighted by Gasteiger charge is -2.16. The molecule has 0 aromatic heterocycles. The molecule has 5 nitrogen and oxygen atoms in total. The van der Waals surface area contributed by atoms with E-state index >= 15 is 0 Å². The Morgan fingerprint density at radius 1 is 1.25 bits per heavy atom. The van der Waals surface area contributed by atoms with E-state index in [0.717, 1.165) is 0 Å². The Bertz CT molecular complexity index is 486. The van der Waals surface area contributed by atoms with Crippen molar-refractivity contribution in [3.05, 3.63) is 29.8 Å². The van der Waals surface area contributed by atoms with Gasteiger partial charge >= 0.3 is 18.2 Å². The lowest BCUT2D eigenvalue weighted by Crippen LogP contribution is -2.38. The van der Waals surface area contributed by atoms with E-state index in [0.29, 0.717) is 0 Å². The summed E-state index contributed by atoms with van der Waals surface area (Å²) in [6, 6.07) is 3.39. The number of carbonyl (C=O) groups excluding carboxylic acids is 1. The third-order valence-corrected chi connectivity index (χ3v) is 2.30. The summed E-state index contributed by atoms with van der Waals surface area (Å²) in [4.78, 5) is 22.0. The van der Waals surface area contributed by atoms with E-state index in [1.165, 1.54) is 31.2 Å². The summed E-state index contributed by atoms with van der Waals surface area (Å²) in [6.45, 7) is 1.24. The van der Waals surface area contributed by atoms with Gasteiger partial charge in [-0.25, -0.2) is 9.59 Å². The molecule has 0 spiro atoms. The summed E-state index contributed by atoms with van der Waals surface area (Å²) in [5.74, 6) is -1.11. The van der Waals surface area contributed by atoms with Gasteiger partial charge in [-0.3, -0.25) is 0 Å². The van der Waals surface area contributed by atoms with Crippen LogP contribution in [0.15, 0.2) is 24.3 Å². The number of hydrogen-bond acceptors (Lipinski definition) is 2. The zero-order chi connectivity index (χ0) is 15.3. The number of carbonyl (C=O) groups is 2. The highest BCUT2D eigenvalue weighted by Crippen LogP contribution is 2.21. The first-order valence-corrected chi connectivity index (χ1v) is 5.65. The van der Waals surface area contributed by atoms with Crippen molar-refractivity contribution in [2.24, 2.45) is 0 Å². The highest BCUT2D eigenvalue weighted by atomic mass is 19.4. The Hall–Kier alpha value is -2.25. The molecule has 1 unspecified atom stereocenters. The van der Waals surface area contributed by atoms with Crippen LogP contribution in [0.5, 0.6) is 0 Å². The quantitative estimate of drug-likeness (QED) is 0.797. The van der Waals surface area contributed by atoms with Crippen molar-refractivity contribution in [3.8, 4) is 0 Å². The van der Waals surface area contributed by atoms with Crippen LogP contribution in [0.25, 0.3) is 0 Å². The summed E-state index contributed by atoms with van der Waals surface area (Å²) in [6.07, 6.45) is -5.48. The number of anilines is 1. The molecule has 1 atom stereocenters. The molecule has 0 saturated heterocycles. The number of carboxylic acid groups (broad SMARTS) is 1. The fourth-order valence-electron chi connectivity index (χ4n) is 1.49. The van der Waals surface area contributed by atoms with Crippen LogP contribution < -0.4 is 10.6 Å². The Labute approximate surface area is 112 Å². The molecule has 0 heterocycles. The van der Waals surface area contributed by atoms with Crippen molar-refractivity contribution in [2.75, 3.05) is 5.32 Å². The number of halogens is 3. The van der Waals surface area contributed by atoms with Crippen LogP contribution in [0.3, 0.4) is 0 Å². The van der Waals surface area contributed by atoms with Gasteiger partial charge in [0, 0.05) is 11.7 Å². The van der Waals surface area contributed by atoms with Crippen molar-refractivity contribution in [3.63, 3.8) is 0 Å². The second-order valence-electron chi connectivity index (χ2n) is 4.20. The van der Waals surface area contributed by atoms with Crippen molar-refractivity contribution in [1.82, 2.24) is 5.32 Å². The number of alkyl halides is 3.